The molecule has 3 aliphatic rings. The molecule has 0 amide bonds. The molecule has 1 aromatic heterocycles. The van der Waals surface area contributed by atoms with Crippen LogP contribution in [0.1, 0.15) is 33.4 Å². The second kappa shape index (κ2) is 12.3. The molecule has 8 aromatic carbocycles. The van der Waals surface area contributed by atoms with Crippen LogP contribution in [0.15, 0.2) is 188 Å². The van der Waals surface area contributed by atoms with E-state index in [2.05, 4.69) is 176 Å². The highest BCUT2D eigenvalue weighted by atomic mass is 16.5. The van der Waals surface area contributed by atoms with Crippen LogP contribution in [0.3, 0.4) is 0 Å². The van der Waals surface area contributed by atoms with Crippen molar-refractivity contribution in [3.8, 4) is 67.7 Å². The normalized spacial score (nSPS) is 13.8. The fourth-order valence-corrected chi connectivity index (χ4v) is 9.66. The van der Waals surface area contributed by atoms with E-state index in [-0.39, 0.29) is 0 Å². The Hall–Kier alpha value is -7.36. The highest BCUT2D eigenvalue weighted by Crippen LogP contribution is 2.62. The van der Waals surface area contributed by atoms with Gasteiger partial charge in [0.05, 0.1) is 16.8 Å². The van der Waals surface area contributed by atoms with Crippen molar-refractivity contribution in [3.05, 3.63) is 221 Å². The molecule has 0 atom stereocenters. The minimum absolute atomic E-state index is 0.521. The average molecular weight is 727 g/mol. The summed E-state index contributed by atoms with van der Waals surface area (Å²) in [6.45, 7) is 0. The predicted octanol–water partition coefficient (Wildman–Crippen LogP) is 13.3. The Kier molecular flexibility index (Phi) is 6.91. The molecule has 2 aliphatic carbocycles. The van der Waals surface area contributed by atoms with E-state index < -0.39 is 5.41 Å². The van der Waals surface area contributed by atoms with Crippen molar-refractivity contribution in [2.45, 2.75) is 11.8 Å². The minimum atomic E-state index is -0.521. The molecule has 0 N–H and O–H groups in total. The molecule has 266 valence electrons. The number of aromatic nitrogens is 2. The van der Waals surface area contributed by atoms with Gasteiger partial charge in [-0.25, -0.2) is 9.97 Å². The maximum absolute atomic E-state index is 6.72. The monoisotopic (exact) mass is 726 g/mol. The highest BCUT2D eigenvalue weighted by Gasteiger charge is 2.51. The maximum atomic E-state index is 6.72. The molecule has 1 spiro atoms. The van der Waals surface area contributed by atoms with Gasteiger partial charge in [0.1, 0.15) is 11.5 Å². The molecule has 3 heteroatoms. The Bertz CT molecular complexity index is 3100. The molecule has 0 saturated carbocycles. The first-order valence-corrected chi connectivity index (χ1v) is 19.6. The minimum Gasteiger partial charge on any atom is -0.457 e. The SMILES string of the molecule is C1=Cc2cccc3cc(-c4cc(-c5cccc(-c6ccc7c(c6)C6(c8ccccc8O7)c7ccccc7-c7ccccc76)c5)nc(-c5ccccc5)n4)cc(c23)C1. The van der Waals surface area contributed by atoms with E-state index in [0.717, 1.165) is 68.3 Å². The number of ether oxygens (including phenoxy) is 1. The largest absolute Gasteiger partial charge is 0.457 e. The molecular weight excluding hydrogens is 693 g/mol. The summed E-state index contributed by atoms with van der Waals surface area (Å²) in [4.78, 5) is 10.4. The second-order valence-electron chi connectivity index (χ2n) is 15.2. The molecule has 0 saturated heterocycles. The topological polar surface area (TPSA) is 35.0 Å². The lowest BCUT2D eigenvalue weighted by atomic mass is 9.66. The number of para-hydroxylation sites is 1. The van der Waals surface area contributed by atoms with Gasteiger partial charge < -0.3 is 4.74 Å². The van der Waals surface area contributed by atoms with Gasteiger partial charge >= 0.3 is 0 Å². The molecule has 57 heavy (non-hydrogen) atoms. The number of hydrogen-bond donors (Lipinski definition) is 0. The van der Waals surface area contributed by atoms with Crippen molar-refractivity contribution >= 4 is 16.8 Å². The smallest absolute Gasteiger partial charge is 0.160 e. The fourth-order valence-electron chi connectivity index (χ4n) is 9.66. The third-order valence-electron chi connectivity index (χ3n) is 12.1. The summed E-state index contributed by atoms with van der Waals surface area (Å²) in [6.07, 6.45) is 5.39. The van der Waals surface area contributed by atoms with Crippen LogP contribution in [0.4, 0.5) is 0 Å². The molecular formula is C54H34N2O. The molecule has 12 rings (SSSR count). The number of rotatable bonds is 4. The Morgan fingerprint density at radius 2 is 1.09 bits per heavy atom. The Morgan fingerprint density at radius 1 is 0.439 bits per heavy atom. The van der Waals surface area contributed by atoms with Crippen LogP contribution in [-0.4, -0.2) is 9.97 Å². The summed E-state index contributed by atoms with van der Waals surface area (Å²) in [6, 6.07) is 65.3. The standard InChI is InChI=1S/C54H34N2O/c1-2-13-35(14-3-1)53-55-48(33-49(56-53)41-30-39-19-10-15-34-16-11-20-40(31-41)52(34)39)38-18-12-17-36(29-38)37-27-28-51-47(32-37)54(46-25-8-9-26-50(46)57-51)44-23-6-4-21-42(44)43-22-5-7-24-45(43)54/h1-19,21-33H,20H2. The quantitative estimate of drug-likeness (QED) is 0.181. The number of allylic oxidation sites excluding steroid dienone is 1. The van der Waals surface area contributed by atoms with Crippen molar-refractivity contribution < 1.29 is 4.74 Å². The molecule has 0 bridgehead atoms. The Morgan fingerprint density at radius 3 is 1.91 bits per heavy atom. The molecule has 2 heterocycles. The summed E-state index contributed by atoms with van der Waals surface area (Å²) in [5, 5.41) is 2.57. The van der Waals surface area contributed by atoms with Crippen LogP contribution in [0.5, 0.6) is 11.5 Å². The zero-order valence-electron chi connectivity index (χ0n) is 31.0. The van der Waals surface area contributed by atoms with Crippen LogP contribution in [0.2, 0.25) is 0 Å². The van der Waals surface area contributed by atoms with Crippen molar-refractivity contribution in [2.24, 2.45) is 0 Å². The summed E-state index contributed by atoms with van der Waals surface area (Å²) >= 11 is 0. The van der Waals surface area contributed by atoms with E-state index in [9.17, 15) is 0 Å². The summed E-state index contributed by atoms with van der Waals surface area (Å²) < 4.78 is 6.72. The van der Waals surface area contributed by atoms with Crippen molar-refractivity contribution in [1.29, 1.82) is 0 Å². The summed E-state index contributed by atoms with van der Waals surface area (Å²) in [5.41, 5.74) is 16.6. The van der Waals surface area contributed by atoms with Crippen molar-refractivity contribution in [1.82, 2.24) is 9.97 Å². The zero-order valence-corrected chi connectivity index (χ0v) is 31.0. The highest BCUT2D eigenvalue weighted by molar-refractivity contribution is 5.98. The number of hydrogen-bond acceptors (Lipinski definition) is 3. The van der Waals surface area contributed by atoms with Crippen molar-refractivity contribution in [3.63, 3.8) is 0 Å². The number of fused-ring (bicyclic) bond motifs is 9. The van der Waals surface area contributed by atoms with Crippen LogP contribution in [0, 0.1) is 0 Å². The molecule has 0 unspecified atom stereocenters. The molecule has 3 nitrogen and oxygen atoms in total. The van der Waals surface area contributed by atoms with E-state index in [4.69, 9.17) is 14.7 Å². The molecule has 0 radical (unpaired) electrons. The van der Waals surface area contributed by atoms with E-state index in [1.54, 1.807) is 0 Å². The lowest BCUT2D eigenvalue weighted by Gasteiger charge is -2.39. The Labute approximate surface area is 331 Å². The Balaban J connectivity index is 1.03. The lowest BCUT2D eigenvalue weighted by Crippen LogP contribution is -2.32. The zero-order chi connectivity index (χ0) is 37.5. The van der Waals surface area contributed by atoms with Gasteiger partial charge in [-0.15, -0.1) is 0 Å². The van der Waals surface area contributed by atoms with Crippen LogP contribution >= 0.6 is 0 Å². The molecule has 9 aromatic rings. The number of nitrogens with zero attached hydrogens (tertiary/aromatic N) is 2. The molecule has 0 fully saturated rings. The summed E-state index contributed by atoms with van der Waals surface area (Å²) in [7, 11) is 0. The van der Waals surface area contributed by atoms with Crippen LogP contribution in [-0.2, 0) is 11.8 Å². The van der Waals surface area contributed by atoms with Gasteiger partial charge in [-0.2, -0.15) is 0 Å². The second-order valence-corrected chi connectivity index (χ2v) is 15.2. The van der Waals surface area contributed by atoms with Gasteiger partial charge in [0.2, 0.25) is 0 Å². The van der Waals surface area contributed by atoms with Crippen LogP contribution < -0.4 is 4.74 Å². The first kappa shape index (κ1) is 31.9. The lowest BCUT2D eigenvalue weighted by molar-refractivity contribution is 0.436. The summed E-state index contributed by atoms with van der Waals surface area (Å²) in [5.74, 6) is 2.48. The average Bonchev–Trinajstić information content (AvgIpc) is 3.57. The first-order chi connectivity index (χ1) is 28.2. The van der Waals surface area contributed by atoms with E-state index in [0.29, 0.717) is 5.82 Å². The fraction of sp³-hybridized carbons (Fsp3) is 0.0370. The van der Waals surface area contributed by atoms with Gasteiger partial charge in [0, 0.05) is 27.8 Å². The van der Waals surface area contributed by atoms with Crippen LogP contribution in [0.25, 0.3) is 73.0 Å². The third kappa shape index (κ3) is 4.79. The maximum Gasteiger partial charge on any atom is 0.160 e. The van der Waals surface area contributed by atoms with E-state index in [1.807, 2.05) is 18.2 Å². The van der Waals surface area contributed by atoms with Crippen molar-refractivity contribution in [2.75, 3.05) is 0 Å². The number of benzene rings is 8. The molecule has 1 aliphatic heterocycles. The first-order valence-electron chi connectivity index (χ1n) is 19.6. The third-order valence-corrected chi connectivity index (χ3v) is 12.1. The van der Waals surface area contributed by atoms with E-state index >= 15 is 0 Å². The van der Waals surface area contributed by atoms with Gasteiger partial charge in [-0.05, 0) is 104 Å². The predicted molar refractivity (Wildman–Crippen MR) is 231 cm³/mol. The van der Waals surface area contributed by atoms with Gasteiger partial charge in [-0.1, -0.05) is 152 Å². The van der Waals surface area contributed by atoms with Gasteiger partial charge in [0.15, 0.2) is 5.82 Å². The van der Waals surface area contributed by atoms with Gasteiger partial charge in [0.25, 0.3) is 0 Å². The van der Waals surface area contributed by atoms with E-state index in [1.165, 1.54) is 44.2 Å². The van der Waals surface area contributed by atoms with Gasteiger partial charge in [-0.3, -0.25) is 0 Å².